The Morgan fingerprint density at radius 3 is 2.42 bits per heavy atom. The molecule has 0 bridgehead atoms. The van der Waals surface area contributed by atoms with Crippen molar-refractivity contribution in [3.63, 3.8) is 0 Å². The summed E-state index contributed by atoms with van der Waals surface area (Å²) in [6.45, 7) is 0.626. The van der Waals surface area contributed by atoms with Gasteiger partial charge >= 0.3 is 0 Å². The first kappa shape index (κ1) is 16.0. The molecule has 3 aromatic rings. The van der Waals surface area contributed by atoms with Crippen LogP contribution in [0, 0.1) is 0 Å². The lowest BCUT2D eigenvalue weighted by molar-refractivity contribution is 0.102. The van der Waals surface area contributed by atoms with Gasteiger partial charge in [0.25, 0.3) is 5.91 Å². The molecule has 1 amide bonds. The maximum atomic E-state index is 12.3. The molecule has 0 fully saturated rings. The topological polar surface area (TPSA) is 66.9 Å². The average molecular weight is 339 g/mol. The van der Waals surface area contributed by atoms with Crippen LogP contribution in [0.1, 0.15) is 15.9 Å². The number of carbonyl (C=O) groups excluding carboxylic acids is 1. The van der Waals surface area contributed by atoms with Crippen molar-refractivity contribution in [2.24, 2.45) is 0 Å². The van der Waals surface area contributed by atoms with E-state index in [1.54, 1.807) is 6.07 Å². The van der Waals surface area contributed by atoms with Crippen LogP contribution in [0.15, 0.2) is 67.0 Å². The van der Waals surface area contributed by atoms with Crippen molar-refractivity contribution in [2.45, 2.75) is 6.54 Å². The van der Waals surface area contributed by atoms with Gasteiger partial charge in [-0.05, 0) is 35.9 Å². The van der Waals surface area contributed by atoms with Crippen LogP contribution in [0.2, 0.25) is 5.02 Å². The molecule has 0 aliphatic rings. The second-order valence-corrected chi connectivity index (χ2v) is 5.55. The molecule has 0 unspecified atom stereocenters. The van der Waals surface area contributed by atoms with Crippen LogP contribution in [0.3, 0.4) is 0 Å². The number of anilines is 2. The maximum absolute atomic E-state index is 12.3. The van der Waals surface area contributed by atoms with E-state index in [9.17, 15) is 4.79 Å². The Morgan fingerprint density at radius 1 is 0.958 bits per heavy atom. The van der Waals surface area contributed by atoms with E-state index in [0.717, 1.165) is 11.3 Å². The van der Waals surface area contributed by atoms with Crippen molar-refractivity contribution in [1.82, 2.24) is 10.2 Å². The van der Waals surface area contributed by atoms with Crippen molar-refractivity contribution >= 4 is 28.9 Å². The zero-order valence-electron chi connectivity index (χ0n) is 12.7. The molecule has 1 heterocycles. The van der Waals surface area contributed by atoms with Crippen LogP contribution >= 0.6 is 11.6 Å². The predicted octanol–water partition coefficient (Wildman–Crippen LogP) is 3.99. The second-order valence-electron chi connectivity index (χ2n) is 5.11. The number of nitrogens with zero attached hydrogens (tertiary/aromatic N) is 2. The molecule has 5 nitrogen and oxygen atoms in total. The quantitative estimate of drug-likeness (QED) is 0.738. The first-order valence-corrected chi connectivity index (χ1v) is 7.75. The van der Waals surface area contributed by atoms with Gasteiger partial charge in [0.2, 0.25) is 0 Å². The molecule has 6 heteroatoms. The van der Waals surface area contributed by atoms with Crippen LogP contribution in [-0.2, 0) is 6.54 Å². The highest BCUT2D eigenvalue weighted by Crippen LogP contribution is 2.22. The molecule has 24 heavy (non-hydrogen) atoms. The molecule has 0 radical (unpaired) electrons. The monoisotopic (exact) mass is 338 g/mol. The van der Waals surface area contributed by atoms with Crippen LogP contribution in [-0.4, -0.2) is 16.1 Å². The van der Waals surface area contributed by atoms with Crippen LogP contribution in [0.25, 0.3) is 0 Å². The lowest BCUT2D eigenvalue weighted by Gasteiger charge is -2.13. The summed E-state index contributed by atoms with van der Waals surface area (Å²) in [5.41, 5.74) is 3.09. The summed E-state index contributed by atoms with van der Waals surface area (Å²) in [5.74, 6) is -0.231. The summed E-state index contributed by atoms with van der Waals surface area (Å²) in [4.78, 5) is 12.3. The fourth-order valence-electron chi connectivity index (χ4n) is 2.17. The van der Waals surface area contributed by atoms with E-state index in [-0.39, 0.29) is 5.91 Å². The molecule has 2 N–H and O–H groups in total. The molecule has 0 saturated heterocycles. The minimum absolute atomic E-state index is 0.231. The largest absolute Gasteiger partial charge is 0.379 e. The maximum Gasteiger partial charge on any atom is 0.257 e. The van der Waals surface area contributed by atoms with Crippen molar-refractivity contribution in [1.29, 1.82) is 0 Å². The molecule has 0 spiro atoms. The Kier molecular flexibility index (Phi) is 5.03. The van der Waals surface area contributed by atoms with Crippen molar-refractivity contribution in [3.8, 4) is 0 Å². The van der Waals surface area contributed by atoms with Gasteiger partial charge in [0.15, 0.2) is 0 Å². The van der Waals surface area contributed by atoms with E-state index in [1.165, 1.54) is 12.4 Å². The SMILES string of the molecule is O=C(Nc1ccccc1NCc1ccc(Cl)cc1)c1ccnnc1. The third-order valence-corrected chi connectivity index (χ3v) is 3.67. The summed E-state index contributed by atoms with van der Waals surface area (Å²) >= 11 is 5.89. The number of hydrogen-bond donors (Lipinski definition) is 2. The predicted molar refractivity (Wildman–Crippen MR) is 95.2 cm³/mol. The minimum Gasteiger partial charge on any atom is -0.379 e. The highest BCUT2D eigenvalue weighted by molar-refractivity contribution is 6.30. The Morgan fingerprint density at radius 2 is 1.71 bits per heavy atom. The molecule has 0 aliphatic carbocycles. The van der Waals surface area contributed by atoms with E-state index < -0.39 is 0 Å². The number of halogens is 1. The van der Waals surface area contributed by atoms with E-state index in [0.29, 0.717) is 22.8 Å². The molecular formula is C18H15ClN4O. The summed E-state index contributed by atoms with van der Waals surface area (Å²) in [6.07, 6.45) is 2.92. The van der Waals surface area contributed by atoms with Crippen LogP contribution in [0.4, 0.5) is 11.4 Å². The molecule has 0 atom stereocenters. The molecular weight excluding hydrogens is 324 g/mol. The second kappa shape index (κ2) is 7.57. The van der Waals surface area contributed by atoms with Gasteiger partial charge in [-0.25, -0.2) is 0 Å². The first-order valence-electron chi connectivity index (χ1n) is 7.38. The molecule has 3 rings (SSSR count). The van der Waals surface area contributed by atoms with E-state index in [1.807, 2.05) is 48.5 Å². The van der Waals surface area contributed by atoms with Gasteiger partial charge in [0, 0.05) is 11.6 Å². The van der Waals surface area contributed by atoms with Gasteiger partial charge < -0.3 is 10.6 Å². The third-order valence-electron chi connectivity index (χ3n) is 3.42. The van der Waals surface area contributed by atoms with Crippen molar-refractivity contribution in [3.05, 3.63) is 83.1 Å². The smallest absolute Gasteiger partial charge is 0.257 e. The normalized spacial score (nSPS) is 10.2. The Bertz CT molecular complexity index is 822. The summed E-state index contributed by atoms with van der Waals surface area (Å²) in [6, 6.07) is 16.8. The number of rotatable bonds is 5. The fourth-order valence-corrected chi connectivity index (χ4v) is 2.29. The summed E-state index contributed by atoms with van der Waals surface area (Å²) < 4.78 is 0. The van der Waals surface area contributed by atoms with Gasteiger partial charge in [-0.1, -0.05) is 35.9 Å². The molecule has 0 saturated carbocycles. The Labute approximate surface area is 144 Å². The van der Waals surface area contributed by atoms with E-state index in [2.05, 4.69) is 20.8 Å². The Hall–Kier alpha value is -2.92. The summed E-state index contributed by atoms with van der Waals surface area (Å²) in [5, 5.41) is 14.3. The summed E-state index contributed by atoms with van der Waals surface area (Å²) in [7, 11) is 0. The standard InChI is InChI=1S/C18H15ClN4O/c19-15-7-5-13(6-8-15)11-20-16-3-1-2-4-17(16)23-18(24)14-9-10-21-22-12-14/h1-10,12,20H,11H2,(H,23,24). The van der Waals surface area contributed by atoms with E-state index >= 15 is 0 Å². The Balaban J connectivity index is 1.71. The minimum atomic E-state index is -0.231. The number of benzene rings is 2. The number of carbonyl (C=O) groups is 1. The van der Waals surface area contributed by atoms with Gasteiger partial charge in [0.05, 0.1) is 29.3 Å². The lowest BCUT2D eigenvalue weighted by atomic mass is 10.2. The zero-order chi connectivity index (χ0) is 16.8. The van der Waals surface area contributed by atoms with Gasteiger partial charge in [-0.3, -0.25) is 4.79 Å². The van der Waals surface area contributed by atoms with Gasteiger partial charge in [-0.2, -0.15) is 10.2 Å². The zero-order valence-corrected chi connectivity index (χ0v) is 13.5. The lowest BCUT2D eigenvalue weighted by Crippen LogP contribution is -2.14. The molecule has 1 aromatic heterocycles. The molecule has 2 aromatic carbocycles. The fraction of sp³-hybridized carbons (Fsp3) is 0.0556. The third kappa shape index (κ3) is 4.08. The number of nitrogens with one attached hydrogen (secondary N) is 2. The van der Waals surface area contributed by atoms with Gasteiger partial charge in [-0.15, -0.1) is 0 Å². The van der Waals surface area contributed by atoms with Gasteiger partial charge in [0.1, 0.15) is 0 Å². The molecule has 120 valence electrons. The number of para-hydroxylation sites is 2. The van der Waals surface area contributed by atoms with E-state index in [4.69, 9.17) is 11.6 Å². The highest BCUT2D eigenvalue weighted by Gasteiger charge is 2.09. The number of amides is 1. The average Bonchev–Trinajstić information content (AvgIpc) is 2.63. The van der Waals surface area contributed by atoms with Crippen LogP contribution in [0.5, 0.6) is 0 Å². The number of aromatic nitrogens is 2. The highest BCUT2D eigenvalue weighted by atomic mass is 35.5. The molecule has 0 aliphatic heterocycles. The number of hydrogen-bond acceptors (Lipinski definition) is 4. The van der Waals surface area contributed by atoms with Crippen molar-refractivity contribution < 1.29 is 4.79 Å². The van der Waals surface area contributed by atoms with Crippen LogP contribution < -0.4 is 10.6 Å². The first-order chi connectivity index (χ1) is 11.7. The van der Waals surface area contributed by atoms with Crippen molar-refractivity contribution in [2.75, 3.05) is 10.6 Å².